The highest BCUT2D eigenvalue weighted by molar-refractivity contribution is 5.87. The molecule has 1 aromatic rings. The molecule has 1 fully saturated rings. The van der Waals surface area contributed by atoms with Gasteiger partial charge in [0, 0.05) is 13.0 Å². The average molecular weight is 457 g/mol. The fourth-order valence-corrected chi connectivity index (χ4v) is 4.67. The number of benzene rings is 1. The minimum absolute atomic E-state index is 0.0972. The highest BCUT2D eigenvalue weighted by atomic mass is 16.5. The van der Waals surface area contributed by atoms with Gasteiger partial charge < -0.3 is 14.6 Å². The van der Waals surface area contributed by atoms with Crippen LogP contribution in [0.25, 0.3) is 6.08 Å². The number of hydrogen-bond acceptors (Lipinski definition) is 4. The number of aliphatic hydroxyl groups excluding tert-OH is 1. The van der Waals surface area contributed by atoms with Crippen LogP contribution < -0.4 is 0 Å². The molecule has 0 aliphatic heterocycles. The first kappa shape index (κ1) is 27.3. The van der Waals surface area contributed by atoms with Crippen molar-refractivity contribution in [3.8, 4) is 0 Å². The van der Waals surface area contributed by atoms with Crippen molar-refractivity contribution in [2.75, 3.05) is 26.9 Å². The van der Waals surface area contributed by atoms with E-state index in [-0.39, 0.29) is 18.1 Å². The summed E-state index contributed by atoms with van der Waals surface area (Å²) in [6, 6.07) is 9.04. The van der Waals surface area contributed by atoms with Gasteiger partial charge in [0.1, 0.15) is 0 Å². The van der Waals surface area contributed by atoms with Crippen LogP contribution in [0.4, 0.5) is 0 Å². The van der Waals surface area contributed by atoms with E-state index in [0.717, 1.165) is 25.7 Å². The lowest BCUT2D eigenvalue weighted by Gasteiger charge is -2.32. The lowest BCUT2D eigenvalue weighted by atomic mass is 9.76. The van der Waals surface area contributed by atoms with Crippen LogP contribution in [0.1, 0.15) is 75.8 Å². The summed E-state index contributed by atoms with van der Waals surface area (Å²) in [5.74, 6) is 0.753. The predicted molar refractivity (Wildman–Crippen MR) is 136 cm³/mol. The third-order valence-electron chi connectivity index (χ3n) is 6.88. The third kappa shape index (κ3) is 10.3. The second kappa shape index (κ2) is 15.8. The number of hydrogen-bond donors (Lipinski definition) is 1. The zero-order valence-electron chi connectivity index (χ0n) is 20.8. The van der Waals surface area contributed by atoms with Gasteiger partial charge in [-0.2, -0.15) is 0 Å². The summed E-state index contributed by atoms with van der Waals surface area (Å²) < 4.78 is 10.7. The lowest BCUT2D eigenvalue weighted by molar-refractivity contribution is -0.142. The summed E-state index contributed by atoms with van der Waals surface area (Å²) in [6.45, 7) is 6.32. The van der Waals surface area contributed by atoms with E-state index in [9.17, 15) is 4.79 Å². The van der Waals surface area contributed by atoms with Crippen LogP contribution in [0, 0.1) is 17.8 Å². The number of carbonyl (C=O) groups excluding carboxylic acids is 1. The van der Waals surface area contributed by atoms with Crippen molar-refractivity contribution in [3.63, 3.8) is 0 Å². The molecule has 0 aromatic heterocycles. The molecule has 1 aromatic carbocycles. The van der Waals surface area contributed by atoms with Gasteiger partial charge in [-0.05, 0) is 61.5 Å². The van der Waals surface area contributed by atoms with Gasteiger partial charge in [-0.15, -0.1) is 0 Å². The van der Waals surface area contributed by atoms with E-state index < -0.39 is 5.97 Å². The molecule has 0 radical (unpaired) electrons. The molecule has 1 N–H and O–H groups in total. The zero-order valence-corrected chi connectivity index (χ0v) is 20.8. The summed E-state index contributed by atoms with van der Waals surface area (Å²) in [5, 5.41) is 9.03. The van der Waals surface area contributed by atoms with Gasteiger partial charge in [-0.3, -0.25) is 0 Å². The molecule has 0 bridgehead atoms. The van der Waals surface area contributed by atoms with Crippen molar-refractivity contribution < 1.29 is 19.4 Å². The van der Waals surface area contributed by atoms with Crippen LogP contribution >= 0.6 is 0 Å². The Hall–Kier alpha value is -1.91. The third-order valence-corrected chi connectivity index (χ3v) is 6.88. The monoisotopic (exact) mass is 456 g/mol. The Labute approximate surface area is 201 Å². The van der Waals surface area contributed by atoms with Gasteiger partial charge in [0.2, 0.25) is 0 Å². The lowest BCUT2D eigenvalue weighted by Crippen LogP contribution is -2.29. The van der Waals surface area contributed by atoms with Crippen LogP contribution in [-0.2, 0) is 20.7 Å². The standard InChI is InChI=1S/C29H44O4/c1-4-5-6-7-8-9-24-10-12-25(13-11-24)14-15-26-16-18-27(19-17-26)28(21-32-3)22-33-29(31)23(2)20-30/h10-15,26-28,30H,2,4-9,16-22H2,1,3H3/b15-14+. The molecule has 33 heavy (non-hydrogen) atoms. The first-order chi connectivity index (χ1) is 16.1. The van der Waals surface area contributed by atoms with Crippen molar-refractivity contribution >= 4 is 12.0 Å². The number of carbonyl (C=O) groups is 1. The Morgan fingerprint density at radius 3 is 2.42 bits per heavy atom. The average Bonchev–Trinajstić information content (AvgIpc) is 2.85. The summed E-state index contributed by atoms with van der Waals surface area (Å²) >= 11 is 0. The number of methoxy groups -OCH3 is 1. The van der Waals surface area contributed by atoms with Gasteiger partial charge in [-0.25, -0.2) is 4.79 Å². The van der Waals surface area contributed by atoms with Crippen LogP contribution in [0.5, 0.6) is 0 Å². The SMILES string of the molecule is C=C(CO)C(=O)OCC(COC)C1CCC(/C=C/c2ccc(CCCCCCC)cc2)CC1. The Bertz CT molecular complexity index is 714. The molecule has 1 saturated carbocycles. The molecule has 1 atom stereocenters. The smallest absolute Gasteiger partial charge is 0.335 e. The maximum absolute atomic E-state index is 11.8. The molecule has 0 spiro atoms. The van der Waals surface area contributed by atoms with E-state index in [1.54, 1.807) is 7.11 Å². The van der Waals surface area contributed by atoms with Gasteiger partial charge in [-0.1, -0.05) is 75.6 Å². The maximum Gasteiger partial charge on any atom is 0.335 e. The molecule has 0 saturated heterocycles. The largest absolute Gasteiger partial charge is 0.462 e. The Morgan fingerprint density at radius 2 is 1.79 bits per heavy atom. The van der Waals surface area contributed by atoms with Gasteiger partial charge in [0.25, 0.3) is 0 Å². The number of aryl methyl sites for hydroxylation is 1. The minimum Gasteiger partial charge on any atom is -0.462 e. The summed E-state index contributed by atoms with van der Waals surface area (Å²) in [4.78, 5) is 11.8. The predicted octanol–water partition coefficient (Wildman–Crippen LogP) is 6.37. The quantitative estimate of drug-likeness (QED) is 0.189. The Balaban J connectivity index is 1.75. The number of ether oxygens (including phenoxy) is 2. The summed E-state index contributed by atoms with van der Waals surface area (Å²) in [5.41, 5.74) is 2.82. The van der Waals surface area contributed by atoms with Crippen LogP contribution in [0.2, 0.25) is 0 Å². The fourth-order valence-electron chi connectivity index (χ4n) is 4.67. The second-order valence-electron chi connectivity index (χ2n) is 9.52. The molecule has 1 unspecified atom stereocenters. The molecular formula is C29H44O4. The van der Waals surface area contributed by atoms with Gasteiger partial charge >= 0.3 is 5.97 Å². The van der Waals surface area contributed by atoms with E-state index in [1.165, 1.54) is 49.7 Å². The minimum atomic E-state index is -0.516. The molecule has 1 aliphatic carbocycles. The van der Waals surface area contributed by atoms with E-state index in [1.807, 2.05) is 0 Å². The number of aliphatic hydroxyl groups is 1. The summed E-state index contributed by atoms with van der Waals surface area (Å²) in [6.07, 6.45) is 17.0. The molecular weight excluding hydrogens is 412 g/mol. The first-order valence-corrected chi connectivity index (χ1v) is 12.8. The molecule has 4 heteroatoms. The van der Waals surface area contributed by atoms with E-state index in [4.69, 9.17) is 14.6 Å². The van der Waals surface area contributed by atoms with Crippen molar-refractivity contribution in [1.29, 1.82) is 0 Å². The topological polar surface area (TPSA) is 55.8 Å². The fraction of sp³-hybridized carbons (Fsp3) is 0.621. The molecule has 184 valence electrons. The van der Waals surface area contributed by atoms with Crippen molar-refractivity contribution in [3.05, 3.63) is 53.6 Å². The Kier molecular flexibility index (Phi) is 13.1. The molecule has 0 heterocycles. The number of allylic oxidation sites excluding steroid dienone is 1. The highest BCUT2D eigenvalue weighted by Crippen LogP contribution is 2.35. The van der Waals surface area contributed by atoms with E-state index >= 15 is 0 Å². The summed E-state index contributed by atoms with van der Waals surface area (Å²) in [7, 11) is 1.69. The number of rotatable bonds is 15. The zero-order chi connectivity index (χ0) is 23.9. The van der Waals surface area contributed by atoms with Gasteiger partial charge in [0.15, 0.2) is 0 Å². The maximum atomic E-state index is 11.8. The van der Waals surface area contributed by atoms with E-state index in [2.05, 4.69) is 49.9 Å². The van der Waals surface area contributed by atoms with Crippen molar-refractivity contribution in [2.24, 2.45) is 17.8 Å². The van der Waals surface area contributed by atoms with Crippen LogP contribution in [0.15, 0.2) is 42.5 Å². The first-order valence-electron chi connectivity index (χ1n) is 12.8. The van der Waals surface area contributed by atoms with Crippen molar-refractivity contribution in [1.82, 2.24) is 0 Å². The molecule has 0 amide bonds. The normalized spacial score (nSPS) is 19.5. The number of unbranched alkanes of at least 4 members (excludes halogenated alkanes) is 4. The Morgan fingerprint density at radius 1 is 1.09 bits per heavy atom. The van der Waals surface area contributed by atoms with Crippen LogP contribution in [0.3, 0.4) is 0 Å². The van der Waals surface area contributed by atoms with Gasteiger partial charge in [0.05, 0.1) is 25.4 Å². The van der Waals surface area contributed by atoms with Crippen molar-refractivity contribution in [2.45, 2.75) is 71.1 Å². The van der Waals surface area contributed by atoms with E-state index in [0.29, 0.717) is 25.0 Å². The van der Waals surface area contributed by atoms with Crippen LogP contribution in [-0.4, -0.2) is 38.0 Å². The molecule has 4 nitrogen and oxygen atoms in total. The number of esters is 1. The highest BCUT2D eigenvalue weighted by Gasteiger charge is 2.28. The molecule has 1 aliphatic rings. The second-order valence-corrected chi connectivity index (χ2v) is 9.52. The molecule has 2 rings (SSSR count).